The van der Waals surface area contributed by atoms with Gasteiger partial charge < -0.3 is 10.1 Å². The van der Waals surface area contributed by atoms with Crippen LogP contribution in [0.5, 0.6) is 5.75 Å². The van der Waals surface area contributed by atoms with Gasteiger partial charge in [-0.05, 0) is 59.3 Å². The van der Waals surface area contributed by atoms with Gasteiger partial charge in [-0.3, -0.25) is 4.79 Å². The Labute approximate surface area is 184 Å². The van der Waals surface area contributed by atoms with Crippen molar-refractivity contribution in [3.63, 3.8) is 0 Å². The van der Waals surface area contributed by atoms with Crippen LogP contribution < -0.4 is 14.9 Å². The minimum atomic E-state index is -0.313. The van der Waals surface area contributed by atoms with Gasteiger partial charge in [-0.25, -0.2) is 14.1 Å². The van der Waals surface area contributed by atoms with E-state index in [1.54, 1.807) is 34.4 Å². The Bertz CT molecular complexity index is 1340. The predicted octanol–water partition coefficient (Wildman–Crippen LogP) is 4.86. The van der Waals surface area contributed by atoms with E-state index in [4.69, 9.17) is 4.74 Å². The normalized spacial score (nSPS) is 13.8. The van der Waals surface area contributed by atoms with E-state index in [2.05, 4.69) is 15.4 Å². The molecule has 0 fully saturated rings. The van der Waals surface area contributed by atoms with Gasteiger partial charge in [0.1, 0.15) is 11.6 Å². The molecule has 1 N–H and O–H groups in total. The Balaban J connectivity index is 1.62. The molecular formula is C22H15FN4O2S2. The van der Waals surface area contributed by atoms with E-state index in [0.717, 1.165) is 16.8 Å². The van der Waals surface area contributed by atoms with E-state index in [-0.39, 0.29) is 18.3 Å². The van der Waals surface area contributed by atoms with Crippen molar-refractivity contribution >= 4 is 46.2 Å². The summed E-state index contributed by atoms with van der Waals surface area (Å²) in [4.78, 5) is 17.0. The van der Waals surface area contributed by atoms with E-state index in [0.29, 0.717) is 21.9 Å². The fourth-order valence-electron chi connectivity index (χ4n) is 3.03. The van der Waals surface area contributed by atoms with E-state index in [1.807, 2.05) is 40.4 Å². The van der Waals surface area contributed by atoms with Gasteiger partial charge in [0.15, 0.2) is 6.61 Å². The summed E-state index contributed by atoms with van der Waals surface area (Å²) in [6, 6.07) is 13.6. The second-order valence-corrected chi connectivity index (χ2v) is 8.27. The van der Waals surface area contributed by atoms with Crippen molar-refractivity contribution in [2.45, 2.75) is 0 Å². The van der Waals surface area contributed by atoms with Crippen LogP contribution >= 0.6 is 22.7 Å². The number of rotatable bonds is 4. The van der Waals surface area contributed by atoms with Gasteiger partial charge in [0.25, 0.3) is 5.91 Å². The van der Waals surface area contributed by atoms with Gasteiger partial charge >= 0.3 is 0 Å². The lowest BCUT2D eigenvalue weighted by atomic mass is 10.1. The number of aromatic nitrogens is 1. The average Bonchev–Trinajstić information content (AvgIpc) is 3.43. The molecule has 3 heterocycles. The molecule has 154 valence electrons. The Morgan fingerprint density at radius 3 is 2.81 bits per heavy atom. The van der Waals surface area contributed by atoms with Crippen LogP contribution in [0.2, 0.25) is 0 Å². The van der Waals surface area contributed by atoms with Crippen LogP contribution in [0.15, 0.2) is 74.8 Å². The summed E-state index contributed by atoms with van der Waals surface area (Å²) in [6.45, 7) is 0.0103. The molecule has 1 amide bonds. The van der Waals surface area contributed by atoms with Gasteiger partial charge in [-0.15, -0.1) is 11.3 Å². The molecule has 9 heteroatoms. The summed E-state index contributed by atoms with van der Waals surface area (Å²) in [7, 11) is 0. The van der Waals surface area contributed by atoms with Crippen molar-refractivity contribution in [3.05, 3.63) is 80.9 Å². The van der Waals surface area contributed by atoms with Crippen LogP contribution in [0.25, 0.3) is 11.3 Å². The zero-order valence-electron chi connectivity index (χ0n) is 16.0. The first-order chi connectivity index (χ1) is 15.2. The molecule has 0 radical (unpaired) electrons. The number of halogens is 1. The van der Waals surface area contributed by atoms with Crippen molar-refractivity contribution in [2.24, 2.45) is 10.1 Å². The minimum Gasteiger partial charge on any atom is -0.482 e. The molecule has 0 unspecified atom stereocenters. The van der Waals surface area contributed by atoms with Crippen molar-refractivity contribution in [1.29, 1.82) is 0 Å². The molecule has 0 atom stereocenters. The van der Waals surface area contributed by atoms with Gasteiger partial charge in [-0.2, -0.15) is 16.4 Å². The Morgan fingerprint density at radius 2 is 2.00 bits per heavy atom. The lowest BCUT2D eigenvalue weighted by molar-refractivity contribution is -0.118. The number of amides is 1. The molecule has 1 aliphatic rings. The van der Waals surface area contributed by atoms with E-state index in [9.17, 15) is 9.18 Å². The molecule has 0 saturated heterocycles. The number of thiazole rings is 1. The number of carbonyl (C=O) groups excluding carboxylic acids is 1. The number of hydrogen-bond acceptors (Lipinski definition) is 6. The summed E-state index contributed by atoms with van der Waals surface area (Å²) in [5.74, 6) is 0.126. The number of anilines is 1. The van der Waals surface area contributed by atoms with Crippen molar-refractivity contribution < 1.29 is 13.9 Å². The fraction of sp³-hybridized carbons (Fsp3) is 0.0455. The molecule has 2 aromatic carbocycles. The molecule has 4 aromatic rings. The number of hydrogen-bond donors (Lipinski definition) is 1. The van der Waals surface area contributed by atoms with Gasteiger partial charge in [0, 0.05) is 16.5 Å². The highest BCUT2D eigenvalue weighted by Gasteiger charge is 2.17. The molecule has 2 aromatic heterocycles. The molecule has 0 spiro atoms. The Hall–Kier alpha value is -3.56. The molecule has 0 aliphatic carbocycles. The molecule has 0 bridgehead atoms. The van der Waals surface area contributed by atoms with Crippen molar-refractivity contribution in [3.8, 4) is 17.0 Å². The second-order valence-electron chi connectivity index (χ2n) is 6.65. The monoisotopic (exact) mass is 450 g/mol. The quantitative estimate of drug-likeness (QED) is 0.451. The lowest BCUT2D eigenvalue weighted by Crippen LogP contribution is -2.25. The Morgan fingerprint density at radius 1 is 1.13 bits per heavy atom. The standard InChI is InChI=1S/C22H15FN4O2S2/c23-16-2-4-17(5-3-16)25-22-27(24-10-14-7-8-30-12-14)19(13-31-22)15-1-6-20-18(9-15)26-21(28)11-29-20/h1-10,12-13H,11H2,(H,26,28). The maximum atomic E-state index is 13.3. The van der Waals surface area contributed by atoms with Crippen LogP contribution in [-0.2, 0) is 4.79 Å². The minimum absolute atomic E-state index is 0.0103. The van der Waals surface area contributed by atoms with Crippen LogP contribution in [0.4, 0.5) is 15.8 Å². The third-order valence-electron chi connectivity index (χ3n) is 4.51. The van der Waals surface area contributed by atoms with Crippen molar-refractivity contribution in [2.75, 3.05) is 11.9 Å². The van der Waals surface area contributed by atoms with Gasteiger partial charge in [0.2, 0.25) is 4.80 Å². The third kappa shape index (κ3) is 4.18. The van der Waals surface area contributed by atoms with Crippen molar-refractivity contribution in [1.82, 2.24) is 4.68 Å². The highest BCUT2D eigenvalue weighted by Crippen LogP contribution is 2.33. The van der Waals surface area contributed by atoms with E-state index >= 15 is 0 Å². The second kappa shape index (κ2) is 8.29. The summed E-state index contributed by atoms with van der Waals surface area (Å²) in [5, 5.41) is 13.4. The molecule has 0 saturated carbocycles. The van der Waals surface area contributed by atoms with E-state index in [1.165, 1.54) is 23.5 Å². The first-order valence-corrected chi connectivity index (χ1v) is 11.1. The van der Waals surface area contributed by atoms with E-state index < -0.39 is 0 Å². The summed E-state index contributed by atoms with van der Waals surface area (Å²) < 4.78 is 20.5. The topological polar surface area (TPSA) is 68.0 Å². The van der Waals surface area contributed by atoms with Gasteiger partial charge in [0.05, 0.1) is 23.3 Å². The Kier molecular flexibility index (Phi) is 5.19. The number of thiophene rings is 1. The number of benzene rings is 2. The molecular weight excluding hydrogens is 435 g/mol. The maximum absolute atomic E-state index is 13.3. The molecule has 31 heavy (non-hydrogen) atoms. The average molecular weight is 451 g/mol. The number of fused-ring (bicyclic) bond motifs is 1. The zero-order chi connectivity index (χ0) is 21.2. The third-order valence-corrected chi connectivity index (χ3v) is 6.03. The zero-order valence-corrected chi connectivity index (χ0v) is 17.6. The number of ether oxygens (including phenoxy) is 1. The van der Waals surface area contributed by atoms with Crippen LogP contribution in [0.1, 0.15) is 5.56 Å². The fourth-order valence-corrected chi connectivity index (χ4v) is 4.50. The molecule has 1 aliphatic heterocycles. The summed E-state index contributed by atoms with van der Waals surface area (Å²) in [6.07, 6.45) is 1.76. The first kappa shape index (κ1) is 19.4. The number of nitrogens with zero attached hydrogens (tertiary/aromatic N) is 3. The molecule has 6 nitrogen and oxygen atoms in total. The van der Waals surface area contributed by atoms with Crippen LogP contribution in [0.3, 0.4) is 0 Å². The smallest absolute Gasteiger partial charge is 0.262 e. The highest BCUT2D eigenvalue weighted by atomic mass is 32.1. The maximum Gasteiger partial charge on any atom is 0.262 e. The van der Waals surface area contributed by atoms with Gasteiger partial charge in [-0.1, -0.05) is 0 Å². The first-order valence-electron chi connectivity index (χ1n) is 9.30. The number of carbonyl (C=O) groups is 1. The predicted molar refractivity (Wildman–Crippen MR) is 121 cm³/mol. The summed E-state index contributed by atoms with van der Waals surface area (Å²) in [5.41, 5.74) is 3.88. The SMILES string of the molecule is O=C1COc2ccc(-c3csc(=Nc4ccc(F)cc4)n3N=Cc3ccsc3)cc2N1. The number of nitrogens with one attached hydrogen (secondary N) is 1. The van der Waals surface area contributed by atoms with Crippen LogP contribution in [-0.4, -0.2) is 23.4 Å². The lowest BCUT2D eigenvalue weighted by Gasteiger charge is -2.18. The highest BCUT2D eigenvalue weighted by molar-refractivity contribution is 7.08. The summed E-state index contributed by atoms with van der Waals surface area (Å²) >= 11 is 3.01. The molecule has 5 rings (SSSR count). The van der Waals surface area contributed by atoms with Crippen LogP contribution in [0, 0.1) is 5.82 Å². The largest absolute Gasteiger partial charge is 0.482 e.